The van der Waals surface area contributed by atoms with Gasteiger partial charge in [0.15, 0.2) is 11.5 Å². The quantitative estimate of drug-likeness (QED) is 0.459. The molecule has 0 aromatic heterocycles. The third-order valence-corrected chi connectivity index (χ3v) is 11.0. The van der Waals surface area contributed by atoms with E-state index in [1.807, 2.05) is 0 Å². The van der Waals surface area contributed by atoms with Gasteiger partial charge in [-0.15, -0.1) is 0 Å². The topological polar surface area (TPSA) is 30.9 Å². The van der Waals surface area contributed by atoms with Crippen LogP contribution < -0.4 is 9.47 Å². The molecule has 6 aliphatic rings. The maximum Gasteiger partial charge on any atom is 0.165 e. The number of hydrogen-bond acceptors (Lipinski definition) is 4. The number of hydrogen-bond donors (Lipinski definition) is 0. The number of methoxy groups -OCH3 is 1. The lowest BCUT2D eigenvalue weighted by atomic mass is 9.45. The molecule has 4 heteroatoms. The number of benzene rings is 2. The van der Waals surface area contributed by atoms with E-state index in [4.69, 9.17) is 14.2 Å². The molecule has 36 heavy (non-hydrogen) atoms. The molecule has 2 saturated heterocycles. The van der Waals surface area contributed by atoms with Crippen LogP contribution in [-0.4, -0.2) is 49.5 Å². The number of ether oxygens (including phenoxy) is 3. The Labute approximate surface area is 215 Å². The summed E-state index contributed by atoms with van der Waals surface area (Å²) in [4.78, 5) is 2.89. The second-order valence-corrected chi connectivity index (χ2v) is 12.7. The first kappa shape index (κ1) is 22.0. The van der Waals surface area contributed by atoms with Gasteiger partial charge in [-0.25, -0.2) is 0 Å². The molecule has 0 unspecified atom stereocenters. The van der Waals surface area contributed by atoms with Gasteiger partial charge in [-0.3, -0.25) is 4.90 Å². The molecule has 1 spiro atoms. The van der Waals surface area contributed by atoms with Gasteiger partial charge < -0.3 is 14.2 Å². The molecule has 6 atom stereocenters. The number of fused-ring (bicyclic) bond motifs is 2. The molecular formula is C32H39NO3. The van der Waals surface area contributed by atoms with E-state index in [-0.39, 0.29) is 17.1 Å². The lowest BCUT2D eigenvalue weighted by Crippen LogP contribution is -2.75. The standard InChI is InChI=1S/C32H39NO3/c1-34-27-13-12-23-17-26-24-18-31(14-6-5-9-21-7-3-2-4-8-21)25(20-35-31)30-32(24,28(23)29(27)36-30)15-16-33(26)19-22-10-11-22/h2-4,7-8,12-13,22,24-26,30H,5-6,9-11,14-20H2,1H3/t24-,25+,26+,30-,31-,32-/m0/s1. The van der Waals surface area contributed by atoms with E-state index in [0.717, 1.165) is 30.4 Å². The Morgan fingerprint density at radius 3 is 2.72 bits per heavy atom. The molecule has 0 radical (unpaired) electrons. The van der Waals surface area contributed by atoms with Gasteiger partial charge in [0, 0.05) is 29.5 Å². The van der Waals surface area contributed by atoms with E-state index in [0.29, 0.717) is 17.9 Å². The first-order chi connectivity index (χ1) is 17.7. The average Bonchev–Trinajstić information content (AvgIpc) is 3.65. The van der Waals surface area contributed by atoms with Crippen LogP contribution in [0.5, 0.6) is 11.5 Å². The Morgan fingerprint density at radius 2 is 1.94 bits per heavy atom. The van der Waals surface area contributed by atoms with Crippen LogP contribution in [-0.2, 0) is 23.0 Å². The minimum absolute atomic E-state index is 0.00312. The Kier molecular flexibility index (Phi) is 4.87. The number of piperidine rings is 1. The molecule has 4 fully saturated rings. The van der Waals surface area contributed by atoms with Crippen LogP contribution in [0.4, 0.5) is 0 Å². The average molecular weight is 486 g/mol. The van der Waals surface area contributed by atoms with Crippen molar-refractivity contribution in [1.82, 2.24) is 4.90 Å². The largest absolute Gasteiger partial charge is 0.493 e. The molecule has 3 aliphatic heterocycles. The lowest BCUT2D eigenvalue weighted by molar-refractivity contribution is -0.286. The van der Waals surface area contributed by atoms with Crippen LogP contribution >= 0.6 is 0 Å². The van der Waals surface area contributed by atoms with Gasteiger partial charge in [0.1, 0.15) is 6.10 Å². The van der Waals surface area contributed by atoms with Gasteiger partial charge in [-0.05, 0) is 86.9 Å². The third-order valence-electron chi connectivity index (χ3n) is 11.0. The van der Waals surface area contributed by atoms with E-state index in [9.17, 15) is 0 Å². The van der Waals surface area contributed by atoms with Crippen LogP contribution in [0.25, 0.3) is 0 Å². The van der Waals surface area contributed by atoms with Gasteiger partial charge in [-0.2, -0.15) is 0 Å². The zero-order valence-electron chi connectivity index (χ0n) is 21.6. The molecule has 4 nitrogen and oxygen atoms in total. The van der Waals surface area contributed by atoms with Crippen molar-refractivity contribution in [3.63, 3.8) is 0 Å². The first-order valence-corrected chi connectivity index (χ1v) is 14.5. The molecule has 2 bridgehead atoms. The normalized spacial score (nSPS) is 37.5. The van der Waals surface area contributed by atoms with Crippen LogP contribution in [0.15, 0.2) is 42.5 Å². The fraction of sp³-hybridized carbons (Fsp3) is 0.625. The summed E-state index contributed by atoms with van der Waals surface area (Å²) in [5.41, 5.74) is 4.68. The highest BCUT2D eigenvalue weighted by Gasteiger charge is 2.73. The van der Waals surface area contributed by atoms with E-state index in [2.05, 4.69) is 47.4 Å². The summed E-state index contributed by atoms with van der Waals surface area (Å²) in [5.74, 6) is 4.08. The van der Waals surface area contributed by atoms with Crippen molar-refractivity contribution in [2.75, 3.05) is 26.8 Å². The smallest absolute Gasteiger partial charge is 0.165 e. The summed E-state index contributed by atoms with van der Waals surface area (Å²) < 4.78 is 19.5. The maximum absolute atomic E-state index is 7.04. The summed E-state index contributed by atoms with van der Waals surface area (Å²) in [5, 5.41) is 0. The number of unbranched alkanes of at least 4 members (excludes halogenated alkanes) is 1. The Hall–Kier alpha value is -2.04. The second kappa shape index (κ2) is 7.98. The van der Waals surface area contributed by atoms with Gasteiger partial charge in [0.2, 0.25) is 0 Å². The second-order valence-electron chi connectivity index (χ2n) is 12.7. The van der Waals surface area contributed by atoms with Crippen molar-refractivity contribution in [2.45, 2.75) is 80.9 Å². The monoisotopic (exact) mass is 485 g/mol. The highest BCUT2D eigenvalue weighted by molar-refractivity contribution is 5.61. The van der Waals surface area contributed by atoms with E-state index in [1.165, 1.54) is 81.1 Å². The SMILES string of the molecule is COc1ccc2c3c1O[C@H]1[C@H]4CO[C@@]4(CCCCc4ccccc4)C[C@H]4[C@@H](C2)N(CC2CC2)CC[C@@]341. The highest BCUT2D eigenvalue weighted by atomic mass is 16.6. The van der Waals surface area contributed by atoms with Crippen LogP contribution in [0.3, 0.4) is 0 Å². The molecule has 190 valence electrons. The number of rotatable bonds is 8. The summed E-state index contributed by atoms with van der Waals surface area (Å²) >= 11 is 0. The summed E-state index contributed by atoms with van der Waals surface area (Å²) in [6, 6.07) is 16.1. The third kappa shape index (κ3) is 3.01. The van der Waals surface area contributed by atoms with E-state index < -0.39 is 0 Å². The number of likely N-dealkylation sites (tertiary alicyclic amines) is 1. The predicted octanol–water partition coefficient (Wildman–Crippen LogP) is 5.55. The molecule has 2 aromatic rings. The van der Waals surface area contributed by atoms with Crippen molar-refractivity contribution >= 4 is 0 Å². The van der Waals surface area contributed by atoms with Crippen molar-refractivity contribution in [3.05, 3.63) is 59.2 Å². The van der Waals surface area contributed by atoms with Crippen LogP contribution in [0, 0.1) is 17.8 Å². The minimum atomic E-state index is 0.00312. The predicted molar refractivity (Wildman–Crippen MR) is 140 cm³/mol. The Bertz CT molecular complexity index is 1160. The van der Waals surface area contributed by atoms with Crippen molar-refractivity contribution < 1.29 is 14.2 Å². The minimum Gasteiger partial charge on any atom is -0.493 e. The Balaban J connectivity index is 1.12. The zero-order chi connectivity index (χ0) is 23.9. The number of aryl methyl sites for hydroxylation is 1. The highest BCUT2D eigenvalue weighted by Crippen LogP contribution is 2.69. The number of nitrogens with zero attached hydrogens (tertiary/aromatic N) is 1. The molecule has 0 amide bonds. The first-order valence-electron chi connectivity index (χ1n) is 14.5. The lowest BCUT2D eigenvalue weighted by Gasteiger charge is -2.67. The van der Waals surface area contributed by atoms with Crippen LogP contribution in [0.2, 0.25) is 0 Å². The van der Waals surface area contributed by atoms with Gasteiger partial charge in [0.05, 0.1) is 19.3 Å². The molecule has 2 saturated carbocycles. The van der Waals surface area contributed by atoms with E-state index in [1.54, 1.807) is 7.11 Å². The molecule has 8 rings (SSSR count). The molecule has 2 aromatic carbocycles. The molecule has 3 aliphatic carbocycles. The zero-order valence-corrected chi connectivity index (χ0v) is 21.6. The summed E-state index contributed by atoms with van der Waals surface area (Å²) in [7, 11) is 1.80. The Morgan fingerprint density at radius 1 is 1.06 bits per heavy atom. The van der Waals surface area contributed by atoms with E-state index >= 15 is 0 Å². The van der Waals surface area contributed by atoms with Gasteiger partial charge >= 0.3 is 0 Å². The summed E-state index contributed by atoms with van der Waals surface area (Å²) in [6.45, 7) is 3.39. The van der Waals surface area contributed by atoms with Gasteiger partial charge in [0.25, 0.3) is 0 Å². The fourth-order valence-corrected chi connectivity index (χ4v) is 9.11. The van der Waals surface area contributed by atoms with Crippen molar-refractivity contribution in [1.29, 1.82) is 0 Å². The molecule has 0 N–H and O–H groups in total. The van der Waals surface area contributed by atoms with Crippen molar-refractivity contribution in [2.24, 2.45) is 17.8 Å². The molecule has 3 heterocycles. The fourth-order valence-electron chi connectivity index (χ4n) is 9.11. The van der Waals surface area contributed by atoms with Crippen molar-refractivity contribution in [3.8, 4) is 11.5 Å². The maximum atomic E-state index is 7.04. The van der Waals surface area contributed by atoms with Gasteiger partial charge in [-0.1, -0.05) is 42.8 Å². The summed E-state index contributed by atoms with van der Waals surface area (Å²) in [6.07, 6.45) is 11.5. The molecular weight excluding hydrogens is 446 g/mol. The van der Waals surface area contributed by atoms with Crippen LogP contribution in [0.1, 0.15) is 61.6 Å².